The van der Waals surface area contributed by atoms with E-state index in [1.54, 1.807) is 13.2 Å². The Morgan fingerprint density at radius 2 is 2.36 bits per heavy atom. The normalized spacial score (nSPS) is 9.73. The first kappa shape index (κ1) is 8.81. The van der Waals surface area contributed by atoms with Gasteiger partial charge in [-0.3, -0.25) is 0 Å². The van der Waals surface area contributed by atoms with Crippen molar-refractivity contribution in [3.8, 4) is 5.88 Å². The van der Waals surface area contributed by atoms with Gasteiger partial charge >= 0.3 is 0 Å². The Balaban J connectivity index is 3.02. The average molecular weight is 236 g/mol. The summed E-state index contributed by atoms with van der Waals surface area (Å²) in [6.45, 7) is 0. The molecule has 0 saturated carbocycles. The maximum Gasteiger partial charge on any atom is 0.214 e. The first-order valence-corrected chi connectivity index (χ1v) is 4.52. The van der Waals surface area contributed by atoms with Crippen LogP contribution in [0, 0.1) is 0 Å². The number of hydrogen-bond acceptors (Lipinski definition) is 2. The van der Waals surface area contributed by atoms with Crippen molar-refractivity contribution in [2.24, 2.45) is 0 Å². The highest BCUT2D eigenvalue weighted by Crippen LogP contribution is 2.17. The molecule has 0 spiro atoms. The molecule has 1 aromatic rings. The van der Waals surface area contributed by atoms with E-state index in [9.17, 15) is 0 Å². The zero-order valence-corrected chi connectivity index (χ0v) is 8.32. The molecular formula is C7H7BrClNO. The van der Waals surface area contributed by atoms with Crippen molar-refractivity contribution < 1.29 is 4.74 Å². The topological polar surface area (TPSA) is 22.1 Å². The molecular weight excluding hydrogens is 229 g/mol. The Bertz CT molecular complexity index is 232. The lowest BCUT2D eigenvalue weighted by atomic mass is 10.3. The minimum atomic E-state index is 0.457. The van der Waals surface area contributed by atoms with Crippen LogP contribution in [-0.2, 0) is 5.33 Å². The maximum atomic E-state index is 5.70. The van der Waals surface area contributed by atoms with Gasteiger partial charge in [0.15, 0.2) is 0 Å². The Kier molecular flexibility index (Phi) is 3.15. The molecule has 0 unspecified atom stereocenters. The molecule has 0 amide bonds. The van der Waals surface area contributed by atoms with Crippen LogP contribution < -0.4 is 4.74 Å². The highest BCUT2D eigenvalue weighted by Gasteiger charge is 1.98. The van der Waals surface area contributed by atoms with Gasteiger partial charge in [-0.25, -0.2) is 4.98 Å². The minimum Gasteiger partial charge on any atom is -0.481 e. The van der Waals surface area contributed by atoms with Gasteiger partial charge in [0.05, 0.1) is 7.11 Å². The lowest BCUT2D eigenvalue weighted by Crippen LogP contribution is -1.89. The zero-order valence-electron chi connectivity index (χ0n) is 5.97. The zero-order chi connectivity index (χ0) is 8.27. The summed E-state index contributed by atoms with van der Waals surface area (Å²) in [5, 5.41) is 1.21. The summed E-state index contributed by atoms with van der Waals surface area (Å²) in [5.74, 6) is 0.548. The van der Waals surface area contributed by atoms with Gasteiger partial charge in [0.1, 0.15) is 5.15 Å². The van der Waals surface area contributed by atoms with Gasteiger partial charge in [-0.2, -0.15) is 0 Å². The molecule has 0 bridgehead atoms. The number of halogens is 2. The first-order valence-electron chi connectivity index (χ1n) is 3.02. The van der Waals surface area contributed by atoms with Crippen molar-refractivity contribution in [3.63, 3.8) is 0 Å². The number of methoxy groups -OCH3 is 1. The van der Waals surface area contributed by atoms with Crippen LogP contribution in [0.4, 0.5) is 0 Å². The van der Waals surface area contributed by atoms with Crippen LogP contribution >= 0.6 is 27.5 Å². The number of pyridine rings is 1. The second-order valence-electron chi connectivity index (χ2n) is 1.97. The van der Waals surface area contributed by atoms with E-state index in [2.05, 4.69) is 20.9 Å². The molecule has 0 radical (unpaired) electrons. The minimum absolute atomic E-state index is 0.457. The number of hydrogen-bond donors (Lipinski definition) is 0. The molecule has 0 aromatic carbocycles. The molecule has 0 aliphatic carbocycles. The Labute approximate surface area is 78.7 Å². The van der Waals surface area contributed by atoms with Crippen molar-refractivity contribution in [2.75, 3.05) is 7.11 Å². The molecule has 2 nitrogen and oxygen atoms in total. The summed E-state index contributed by atoms with van der Waals surface area (Å²) >= 11 is 9.01. The van der Waals surface area contributed by atoms with Crippen LogP contribution in [0.2, 0.25) is 5.15 Å². The summed E-state index contributed by atoms with van der Waals surface area (Å²) in [6, 6.07) is 3.62. The summed E-state index contributed by atoms with van der Waals surface area (Å²) in [4.78, 5) is 3.92. The third-order valence-electron chi connectivity index (χ3n) is 1.19. The highest BCUT2D eigenvalue weighted by molar-refractivity contribution is 9.08. The van der Waals surface area contributed by atoms with Gasteiger partial charge < -0.3 is 4.74 Å². The maximum absolute atomic E-state index is 5.70. The standard InChI is InChI=1S/C7H7BrClNO/c1-11-7-3-5(4-8)2-6(9)10-7/h2-3H,4H2,1H3. The fourth-order valence-corrected chi connectivity index (χ4v) is 1.25. The van der Waals surface area contributed by atoms with Crippen LogP contribution in [0.1, 0.15) is 5.56 Å². The number of ether oxygens (including phenoxy) is 1. The average Bonchev–Trinajstić information content (AvgIpc) is 2.03. The molecule has 1 heterocycles. The Morgan fingerprint density at radius 1 is 1.64 bits per heavy atom. The van der Waals surface area contributed by atoms with Gasteiger partial charge in [-0.15, -0.1) is 0 Å². The Morgan fingerprint density at radius 3 is 2.91 bits per heavy atom. The number of aromatic nitrogens is 1. The quantitative estimate of drug-likeness (QED) is 0.582. The molecule has 0 fully saturated rings. The van der Waals surface area contributed by atoms with Gasteiger partial charge in [0, 0.05) is 11.4 Å². The molecule has 60 valence electrons. The van der Waals surface area contributed by atoms with Gasteiger partial charge in [-0.1, -0.05) is 27.5 Å². The largest absolute Gasteiger partial charge is 0.481 e. The van der Waals surface area contributed by atoms with E-state index in [-0.39, 0.29) is 0 Å². The predicted octanol–water partition coefficient (Wildman–Crippen LogP) is 2.64. The van der Waals surface area contributed by atoms with Crippen LogP contribution in [0.3, 0.4) is 0 Å². The number of alkyl halides is 1. The fourth-order valence-electron chi connectivity index (χ4n) is 0.705. The summed E-state index contributed by atoms with van der Waals surface area (Å²) < 4.78 is 4.92. The number of nitrogens with zero attached hydrogens (tertiary/aromatic N) is 1. The molecule has 0 aliphatic rings. The van der Waals surface area contributed by atoms with Crippen molar-refractivity contribution in [3.05, 3.63) is 22.8 Å². The predicted molar refractivity (Wildman–Crippen MR) is 48.4 cm³/mol. The second-order valence-corrected chi connectivity index (χ2v) is 2.92. The molecule has 0 N–H and O–H groups in total. The Hall–Kier alpha value is -0.280. The van der Waals surface area contributed by atoms with Crippen molar-refractivity contribution in [2.45, 2.75) is 5.33 Å². The van der Waals surface area contributed by atoms with Gasteiger partial charge in [0.25, 0.3) is 0 Å². The van der Waals surface area contributed by atoms with Gasteiger partial charge in [-0.05, 0) is 11.6 Å². The van der Waals surface area contributed by atoms with Crippen molar-refractivity contribution in [1.82, 2.24) is 4.98 Å². The highest BCUT2D eigenvalue weighted by atomic mass is 79.9. The molecule has 0 saturated heterocycles. The SMILES string of the molecule is COc1cc(CBr)cc(Cl)n1. The lowest BCUT2D eigenvalue weighted by Gasteiger charge is -2.00. The van der Waals surface area contributed by atoms with Gasteiger partial charge in [0.2, 0.25) is 5.88 Å². The summed E-state index contributed by atoms with van der Waals surface area (Å²) in [7, 11) is 1.57. The van der Waals surface area contributed by atoms with Crippen LogP contribution in [0.15, 0.2) is 12.1 Å². The molecule has 4 heteroatoms. The van der Waals surface area contributed by atoms with E-state index in [0.717, 1.165) is 10.9 Å². The fraction of sp³-hybridized carbons (Fsp3) is 0.286. The number of rotatable bonds is 2. The third-order valence-corrected chi connectivity index (χ3v) is 2.03. The van der Waals surface area contributed by atoms with Crippen molar-refractivity contribution >= 4 is 27.5 Å². The van der Waals surface area contributed by atoms with E-state index in [4.69, 9.17) is 16.3 Å². The first-order chi connectivity index (χ1) is 5.26. The summed E-state index contributed by atoms with van der Waals surface area (Å²) in [5.41, 5.74) is 1.06. The molecule has 1 aromatic heterocycles. The lowest BCUT2D eigenvalue weighted by molar-refractivity contribution is 0.397. The summed E-state index contributed by atoms with van der Waals surface area (Å²) in [6.07, 6.45) is 0. The smallest absolute Gasteiger partial charge is 0.214 e. The van der Waals surface area contributed by atoms with E-state index in [1.807, 2.05) is 6.07 Å². The molecule has 11 heavy (non-hydrogen) atoms. The van der Waals surface area contributed by atoms with Crippen LogP contribution in [-0.4, -0.2) is 12.1 Å². The van der Waals surface area contributed by atoms with Crippen molar-refractivity contribution in [1.29, 1.82) is 0 Å². The third kappa shape index (κ3) is 2.34. The van der Waals surface area contributed by atoms with Crippen LogP contribution in [0.25, 0.3) is 0 Å². The molecule has 0 atom stereocenters. The van der Waals surface area contributed by atoms with E-state index >= 15 is 0 Å². The van der Waals surface area contributed by atoms with Crippen LogP contribution in [0.5, 0.6) is 5.88 Å². The van der Waals surface area contributed by atoms with E-state index < -0.39 is 0 Å². The van der Waals surface area contributed by atoms with E-state index in [1.165, 1.54) is 0 Å². The van der Waals surface area contributed by atoms with E-state index in [0.29, 0.717) is 11.0 Å². The monoisotopic (exact) mass is 235 g/mol. The second kappa shape index (κ2) is 3.93. The molecule has 1 rings (SSSR count). The molecule has 0 aliphatic heterocycles.